The molecule has 0 N–H and O–H groups in total. The Morgan fingerprint density at radius 2 is 1.65 bits per heavy atom. The molecule has 4 heterocycles. The average molecular weight is 340 g/mol. The molecule has 5 rings (SSSR count). The van der Waals surface area contributed by atoms with Crippen molar-refractivity contribution in [3.05, 3.63) is 85.3 Å². The monoisotopic (exact) mass is 340 g/mol. The van der Waals surface area contributed by atoms with Gasteiger partial charge in [0.25, 0.3) is 0 Å². The molecule has 4 nitrogen and oxygen atoms in total. The normalized spacial score (nSPS) is 11.3. The minimum Gasteiger partial charge on any atom is -0.313 e. The molecule has 0 aliphatic rings. The van der Waals surface area contributed by atoms with Gasteiger partial charge in [-0.2, -0.15) is 0 Å². The van der Waals surface area contributed by atoms with Gasteiger partial charge in [0.1, 0.15) is 5.69 Å². The highest BCUT2D eigenvalue weighted by molar-refractivity contribution is 5.93. The van der Waals surface area contributed by atoms with Crippen LogP contribution in [-0.2, 0) is 0 Å². The SMILES string of the molecule is Fc1c(-c2ccncc2)nc2ccccc2c1-n1ccc2cnccc21. The number of para-hydroxylation sites is 1. The number of hydrogen-bond donors (Lipinski definition) is 0. The van der Waals surface area contributed by atoms with E-state index < -0.39 is 0 Å². The van der Waals surface area contributed by atoms with Crippen LogP contribution in [0.3, 0.4) is 0 Å². The summed E-state index contributed by atoms with van der Waals surface area (Å²) in [6.07, 6.45) is 8.64. The molecule has 5 aromatic rings. The van der Waals surface area contributed by atoms with Crippen LogP contribution in [0.5, 0.6) is 0 Å². The summed E-state index contributed by atoms with van der Waals surface area (Å²) in [6.45, 7) is 0. The Labute approximate surface area is 148 Å². The van der Waals surface area contributed by atoms with Crippen molar-refractivity contribution in [2.45, 2.75) is 0 Å². The van der Waals surface area contributed by atoms with Gasteiger partial charge in [-0.3, -0.25) is 9.97 Å². The summed E-state index contributed by atoms with van der Waals surface area (Å²) in [6, 6.07) is 14.9. The Balaban J connectivity index is 1.91. The molecule has 0 radical (unpaired) electrons. The van der Waals surface area contributed by atoms with E-state index in [1.54, 1.807) is 36.9 Å². The standard InChI is InChI=1S/C21H13FN4/c22-19-20(14-5-9-23-10-6-14)25-17-4-2-1-3-16(17)21(19)26-12-8-15-13-24-11-7-18(15)26/h1-13H. The van der Waals surface area contributed by atoms with Gasteiger partial charge in [-0.25, -0.2) is 9.37 Å². The van der Waals surface area contributed by atoms with Crippen molar-refractivity contribution in [1.29, 1.82) is 0 Å². The summed E-state index contributed by atoms with van der Waals surface area (Å²) in [5.41, 5.74) is 3.14. The number of aromatic nitrogens is 4. The highest BCUT2D eigenvalue weighted by Crippen LogP contribution is 2.33. The molecule has 0 amide bonds. The number of nitrogens with zero attached hydrogens (tertiary/aromatic N) is 4. The maximum Gasteiger partial charge on any atom is 0.174 e. The second kappa shape index (κ2) is 5.74. The molecule has 0 aliphatic heterocycles. The van der Waals surface area contributed by atoms with Crippen molar-refractivity contribution in [3.8, 4) is 16.9 Å². The Bertz CT molecular complexity index is 1250. The van der Waals surface area contributed by atoms with Gasteiger partial charge >= 0.3 is 0 Å². The number of pyridine rings is 3. The van der Waals surface area contributed by atoms with Crippen molar-refractivity contribution in [3.63, 3.8) is 0 Å². The minimum absolute atomic E-state index is 0.317. The average Bonchev–Trinajstić information content (AvgIpc) is 3.12. The quantitative estimate of drug-likeness (QED) is 0.465. The van der Waals surface area contributed by atoms with Crippen LogP contribution in [0.1, 0.15) is 0 Å². The van der Waals surface area contributed by atoms with Gasteiger partial charge in [-0.1, -0.05) is 18.2 Å². The van der Waals surface area contributed by atoms with Gasteiger partial charge in [0.05, 0.1) is 16.7 Å². The molecular weight excluding hydrogens is 327 g/mol. The molecule has 26 heavy (non-hydrogen) atoms. The topological polar surface area (TPSA) is 43.6 Å². The molecule has 1 aromatic carbocycles. The summed E-state index contributed by atoms with van der Waals surface area (Å²) >= 11 is 0. The summed E-state index contributed by atoms with van der Waals surface area (Å²) < 4.78 is 17.5. The Morgan fingerprint density at radius 1 is 0.846 bits per heavy atom. The zero-order chi connectivity index (χ0) is 17.5. The van der Waals surface area contributed by atoms with Crippen molar-refractivity contribution in [2.75, 3.05) is 0 Å². The third kappa shape index (κ3) is 2.18. The van der Waals surface area contributed by atoms with Crippen LogP contribution in [0, 0.1) is 5.82 Å². The number of hydrogen-bond acceptors (Lipinski definition) is 3. The first-order valence-corrected chi connectivity index (χ1v) is 8.23. The predicted molar refractivity (Wildman–Crippen MR) is 99.6 cm³/mol. The summed E-state index contributed by atoms with van der Waals surface area (Å²) in [7, 11) is 0. The minimum atomic E-state index is -0.357. The first kappa shape index (κ1) is 14.7. The molecule has 0 unspecified atom stereocenters. The number of benzene rings is 1. The highest BCUT2D eigenvalue weighted by atomic mass is 19.1. The van der Waals surface area contributed by atoms with Crippen LogP contribution in [0.25, 0.3) is 38.8 Å². The maximum absolute atomic E-state index is 15.7. The maximum atomic E-state index is 15.7. The van der Waals surface area contributed by atoms with Gasteiger partial charge in [-0.05, 0) is 30.3 Å². The van der Waals surface area contributed by atoms with E-state index >= 15 is 4.39 Å². The van der Waals surface area contributed by atoms with Crippen molar-refractivity contribution in [1.82, 2.24) is 19.5 Å². The van der Waals surface area contributed by atoms with Gasteiger partial charge < -0.3 is 4.57 Å². The van der Waals surface area contributed by atoms with Gasteiger partial charge in [-0.15, -0.1) is 0 Å². The van der Waals surface area contributed by atoms with E-state index in [1.165, 1.54) is 0 Å². The fourth-order valence-corrected chi connectivity index (χ4v) is 3.29. The third-order valence-corrected chi connectivity index (χ3v) is 4.49. The summed E-state index contributed by atoms with van der Waals surface area (Å²) in [4.78, 5) is 12.7. The van der Waals surface area contributed by atoms with Gasteiger partial charge in [0.15, 0.2) is 5.82 Å². The summed E-state index contributed by atoms with van der Waals surface area (Å²) in [5.74, 6) is -0.357. The lowest BCUT2D eigenvalue weighted by molar-refractivity contribution is 0.621. The van der Waals surface area contributed by atoms with Crippen LogP contribution in [-0.4, -0.2) is 19.5 Å². The van der Waals surface area contributed by atoms with Crippen LogP contribution in [0.15, 0.2) is 79.5 Å². The lowest BCUT2D eigenvalue weighted by atomic mass is 10.1. The largest absolute Gasteiger partial charge is 0.313 e. The Hall–Kier alpha value is -3.60. The predicted octanol–water partition coefficient (Wildman–Crippen LogP) is 4.77. The molecule has 0 aliphatic carbocycles. The molecule has 4 aromatic heterocycles. The van der Waals surface area contributed by atoms with Crippen LogP contribution < -0.4 is 0 Å². The van der Waals surface area contributed by atoms with Crippen LogP contribution in [0.4, 0.5) is 4.39 Å². The molecule has 0 saturated carbocycles. The zero-order valence-corrected chi connectivity index (χ0v) is 13.7. The highest BCUT2D eigenvalue weighted by Gasteiger charge is 2.19. The lowest BCUT2D eigenvalue weighted by Crippen LogP contribution is -2.02. The van der Waals surface area contributed by atoms with Crippen LogP contribution >= 0.6 is 0 Å². The van der Waals surface area contributed by atoms with E-state index in [4.69, 9.17) is 0 Å². The molecule has 0 saturated heterocycles. The number of rotatable bonds is 2. The van der Waals surface area contributed by atoms with E-state index in [1.807, 2.05) is 47.2 Å². The fraction of sp³-hybridized carbons (Fsp3) is 0. The molecular formula is C21H13FN4. The number of halogens is 1. The molecule has 0 fully saturated rings. The second-order valence-electron chi connectivity index (χ2n) is 6.00. The molecule has 5 heteroatoms. The van der Waals surface area contributed by atoms with E-state index in [-0.39, 0.29) is 5.82 Å². The molecule has 0 spiro atoms. The van der Waals surface area contributed by atoms with Gasteiger partial charge in [0.2, 0.25) is 0 Å². The Kier molecular flexibility index (Phi) is 3.25. The smallest absolute Gasteiger partial charge is 0.174 e. The van der Waals surface area contributed by atoms with Crippen LogP contribution in [0.2, 0.25) is 0 Å². The zero-order valence-electron chi connectivity index (χ0n) is 13.7. The van der Waals surface area contributed by atoms with Crippen molar-refractivity contribution < 1.29 is 4.39 Å². The third-order valence-electron chi connectivity index (χ3n) is 4.49. The molecule has 124 valence electrons. The fourth-order valence-electron chi connectivity index (χ4n) is 3.29. The van der Waals surface area contributed by atoms with E-state index in [0.29, 0.717) is 16.9 Å². The first-order valence-electron chi connectivity index (χ1n) is 8.23. The second-order valence-corrected chi connectivity index (χ2v) is 6.00. The lowest BCUT2D eigenvalue weighted by Gasteiger charge is -2.14. The van der Waals surface area contributed by atoms with E-state index in [2.05, 4.69) is 15.0 Å². The van der Waals surface area contributed by atoms with Crippen molar-refractivity contribution >= 4 is 21.8 Å². The molecule has 0 bridgehead atoms. The first-order chi connectivity index (χ1) is 12.8. The van der Waals surface area contributed by atoms with E-state index in [9.17, 15) is 0 Å². The van der Waals surface area contributed by atoms with Gasteiger partial charge in [0, 0.05) is 47.3 Å². The van der Waals surface area contributed by atoms with E-state index in [0.717, 1.165) is 21.8 Å². The Morgan fingerprint density at radius 3 is 2.54 bits per heavy atom. The summed E-state index contributed by atoms with van der Waals surface area (Å²) in [5, 5.41) is 1.72. The van der Waals surface area contributed by atoms with Crippen molar-refractivity contribution in [2.24, 2.45) is 0 Å². The number of fused-ring (bicyclic) bond motifs is 2. The molecule has 0 atom stereocenters.